The Morgan fingerprint density at radius 1 is 0.946 bits per heavy atom. The monoisotopic (exact) mass is 502 g/mol. The number of carbonyl (C=O) groups excluding carboxylic acids is 1. The van der Waals surface area contributed by atoms with Crippen molar-refractivity contribution in [2.75, 3.05) is 7.11 Å². The maximum atomic E-state index is 13.7. The van der Waals surface area contributed by atoms with E-state index >= 15 is 0 Å². The molecule has 5 rings (SSSR count). The van der Waals surface area contributed by atoms with Crippen LogP contribution in [0.3, 0.4) is 0 Å². The molecule has 0 atom stereocenters. The van der Waals surface area contributed by atoms with Crippen LogP contribution in [0.2, 0.25) is 0 Å². The van der Waals surface area contributed by atoms with E-state index in [1.54, 1.807) is 48.5 Å². The van der Waals surface area contributed by atoms with E-state index in [2.05, 4.69) is 4.98 Å². The number of Topliss-reactive ketones (excluding diaryl/α,β-unsaturated/α-hetero) is 1. The highest BCUT2D eigenvalue weighted by Gasteiger charge is 2.21. The Hall–Kier alpha value is -4.86. The molecule has 5 aromatic rings. The summed E-state index contributed by atoms with van der Waals surface area (Å²) in [5.74, 6) is -2.30. The number of nitrogens with zero attached hydrogens (tertiary/aromatic N) is 4. The van der Waals surface area contributed by atoms with Crippen molar-refractivity contribution in [3.8, 4) is 11.4 Å². The van der Waals surface area contributed by atoms with Gasteiger partial charge in [0.1, 0.15) is 5.75 Å². The number of hydrogen-bond donors (Lipinski definition) is 0. The zero-order chi connectivity index (χ0) is 26.1. The van der Waals surface area contributed by atoms with E-state index in [0.717, 1.165) is 22.3 Å². The fourth-order valence-electron chi connectivity index (χ4n) is 4.10. The molecule has 2 heterocycles. The molecule has 0 radical (unpaired) electrons. The van der Waals surface area contributed by atoms with Gasteiger partial charge in [-0.05, 0) is 35.9 Å². The first kappa shape index (κ1) is 23.9. The van der Waals surface area contributed by atoms with Crippen molar-refractivity contribution in [1.29, 1.82) is 0 Å². The third-order valence-corrected chi connectivity index (χ3v) is 5.95. The van der Waals surface area contributed by atoms with Crippen LogP contribution in [0.5, 0.6) is 5.75 Å². The molecule has 0 aliphatic carbocycles. The van der Waals surface area contributed by atoms with Crippen molar-refractivity contribution in [1.82, 2.24) is 18.7 Å². The molecule has 0 saturated heterocycles. The summed E-state index contributed by atoms with van der Waals surface area (Å²) >= 11 is 0. The zero-order valence-electron chi connectivity index (χ0n) is 19.6. The van der Waals surface area contributed by atoms with Crippen LogP contribution in [0.25, 0.3) is 16.9 Å². The van der Waals surface area contributed by atoms with Gasteiger partial charge < -0.3 is 9.30 Å². The number of methoxy groups -OCH3 is 1. The van der Waals surface area contributed by atoms with Crippen LogP contribution in [-0.2, 0) is 13.1 Å². The Labute approximate surface area is 208 Å². The third-order valence-electron chi connectivity index (χ3n) is 5.95. The highest BCUT2D eigenvalue weighted by Crippen LogP contribution is 2.19. The molecular weight excluding hydrogens is 482 g/mol. The van der Waals surface area contributed by atoms with Crippen LogP contribution < -0.4 is 16.0 Å². The minimum absolute atomic E-state index is 0.00860. The van der Waals surface area contributed by atoms with Gasteiger partial charge in [-0.2, -0.15) is 0 Å². The number of ether oxygens (including phenoxy) is 1. The van der Waals surface area contributed by atoms with Gasteiger partial charge in [-0.25, -0.2) is 23.1 Å². The minimum atomic E-state index is -1.15. The quantitative estimate of drug-likeness (QED) is 0.318. The average Bonchev–Trinajstić information content (AvgIpc) is 3.32. The van der Waals surface area contributed by atoms with Crippen LogP contribution in [0.4, 0.5) is 8.78 Å². The summed E-state index contributed by atoms with van der Waals surface area (Å²) in [5, 5.41) is 0. The first-order valence-corrected chi connectivity index (χ1v) is 11.2. The van der Waals surface area contributed by atoms with Crippen molar-refractivity contribution in [2.45, 2.75) is 13.1 Å². The molecule has 3 aromatic carbocycles. The number of aromatic nitrogens is 4. The largest absolute Gasteiger partial charge is 0.497 e. The molecule has 8 nitrogen and oxygen atoms in total. The number of fused-ring (bicyclic) bond motifs is 1. The van der Waals surface area contributed by atoms with E-state index in [0.29, 0.717) is 11.4 Å². The average molecular weight is 502 g/mol. The van der Waals surface area contributed by atoms with Gasteiger partial charge in [0, 0.05) is 11.6 Å². The predicted molar refractivity (Wildman–Crippen MR) is 132 cm³/mol. The topological polar surface area (TPSA) is 88.1 Å². The van der Waals surface area contributed by atoms with Crippen molar-refractivity contribution in [3.63, 3.8) is 0 Å². The van der Waals surface area contributed by atoms with E-state index in [1.807, 2.05) is 6.07 Å². The highest BCUT2D eigenvalue weighted by atomic mass is 19.2. The first-order valence-electron chi connectivity index (χ1n) is 11.2. The van der Waals surface area contributed by atoms with Gasteiger partial charge in [0.05, 0.1) is 32.2 Å². The zero-order valence-corrected chi connectivity index (χ0v) is 19.6. The molecular formula is C27H20F2N4O4. The summed E-state index contributed by atoms with van der Waals surface area (Å²) < 4.78 is 36.0. The molecule has 0 aliphatic rings. The Kier molecular flexibility index (Phi) is 6.22. The summed E-state index contributed by atoms with van der Waals surface area (Å²) in [6, 6.07) is 18.5. The van der Waals surface area contributed by atoms with E-state index in [9.17, 15) is 23.2 Å². The second kappa shape index (κ2) is 9.65. The molecule has 2 aromatic heterocycles. The van der Waals surface area contributed by atoms with E-state index in [4.69, 9.17) is 4.74 Å². The summed E-state index contributed by atoms with van der Waals surface area (Å²) in [6.45, 7) is -0.390. The highest BCUT2D eigenvalue weighted by molar-refractivity contribution is 5.96. The summed E-state index contributed by atoms with van der Waals surface area (Å²) in [6.07, 6.45) is 1.27. The molecule has 37 heavy (non-hydrogen) atoms. The van der Waals surface area contributed by atoms with Crippen molar-refractivity contribution < 1.29 is 18.3 Å². The summed E-state index contributed by atoms with van der Waals surface area (Å²) in [7, 11) is 1.49. The number of carbonyl (C=O) groups is 1. The number of ketones is 1. The van der Waals surface area contributed by atoms with Crippen LogP contribution in [0.1, 0.15) is 15.9 Å². The lowest BCUT2D eigenvalue weighted by atomic mass is 10.1. The smallest absolute Gasteiger partial charge is 0.337 e. The minimum Gasteiger partial charge on any atom is -0.497 e. The molecule has 0 N–H and O–H groups in total. The Balaban J connectivity index is 1.70. The second-order valence-electron chi connectivity index (χ2n) is 8.29. The summed E-state index contributed by atoms with van der Waals surface area (Å²) in [4.78, 5) is 44.4. The molecule has 0 bridgehead atoms. The Morgan fingerprint density at radius 2 is 1.73 bits per heavy atom. The molecule has 0 aliphatic heterocycles. The van der Waals surface area contributed by atoms with Gasteiger partial charge in [-0.15, -0.1) is 0 Å². The first-order chi connectivity index (χ1) is 17.9. The number of imidazole rings is 1. The van der Waals surface area contributed by atoms with Crippen LogP contribution >= 0.6 is 0 Å². The Bertz CT molecular complexity index is 1760. The lowest BCUT2D eigenvalue weighted by Gasteiger charge is -2.13. The molecule has 186 valence electrons. The number of halogens is 2. The molecule has 0 saturated carbocycles. The summed E-state index contributed by atoms with van der Waals surface area (Å²) in [5.41, 5.74) is -0.132. The maximum absolute atomic E-state index is 13.7. The second-order valence-corrected chi connectivity index (χ2v) is 8.29. The standard InChI is InChI=1S/C27H20F2N4O4/c1-37-20-9-5-8-19(13-20)33-25-24(26(35)32(27(33)36)14-17-6-3-2-4-7-17)31(16-30-25)15-23(34)18-10-11-21(28)22(29)12-18/h2-13,16H,14-15H2,1H3. The van der Waals surface area contributed by atoms with Crippen LogP contribution in [0.15, 0.2) is 88.7 Å². The maximum Gasteiger partial charge on any atom is 0.337 e. The third kappa shape index (κ3) is 4.44. The van der Waals surface area contributed by atoms with Gasteiger partial charge in [-0.1, -0.05) is 36.4 Å². The SMILES string of the molecule is COc1cccc(-n2c(=O)n(Cc3ccccc3)c(=O)c3c2ncn3CC(=O)c2ccc(F)c(F)c2)c1. The molecule has 0 amide bonds. The molecule has 10 heteroatoms. The van der Waals surface area contributed by atoms with Crippen LogP contribution in [-0.4, -0.2) is 31.6 Å². The van der Waals surface area contributed by atoms with Gasteiger partial charge in [0.25, 0.3) is 5.56 Å². The molecule has 0 unspecified atom stereocenters. The van der Waals surface area contributed by atoms with Gasteiger partial charge in [0.15, 0.2) is 28.6 Å². The number of rotatable bonds is 7. The van der Waals surface area contributed by atoms with Crippen LogP contribution in [0, 0.1) is 11.6 Å². The fraction of sp³-hybridized carbons (Fsp3) is 0.111. The Morgan fingerprint density at radius 3 is 2.46 bits per heavy atom. The lowest BCUT2D eigenvalue weighted by Crippen LogP contribution is -2.40. The van der Waals surface area contributed by atoms with Gasteiger partial charge >= 0.3 is 5.69 Å². The van der Waals surface area contributed by atoms with Crippen molar-refractivity contribution >= 4 is 16.9 Å². The fourth-order valence-corrected chi connectivity index (χ4v) is 4.10. The number of hydrogen-bond acceptors (Lipinski definition) is 5. The predicted octanol–water partition coefficient (Wildman–Crippen LogP) is 3.57. The lowest BCUT2D eigenvalue weighted by molar-refractivity contribution is 0.0972. The normalized spacial score (nSPS) is 11.1. The molecule has 0 spiro atoms. The van der Waals surface area contributed by atoms with Gasteiger partial charge in [0.2, 0.25) is 0 Å². The van der Waals surface area contributed by atoms with Gasteiger partial charge in [-0.3, -0.25) is 14.2 Å². The van der Waals surface area contributed by atoms with Crippen molar-refractivity contribution in [3.05, 3.63) is 123 Å². The van der Waals surface area contributed by atoms with E-state index < -0.39 is 28.7 Å². The van der Waals surface area contributed by atoms with E-state index in [1.165, 1.54) is 28.6 Å². The number of benzene rings is 3. The molecule has 0 fully saturated rings. The van der Waals surface area contributed by atoms with E-state index in [-0.39, 0.29) is 29.8 Å². The van der Waals surface area contributed by atoms with Crippen molar-refractivity contribution in [2.24, 2.45) is 0 Å².